The van der Waals surface area contributed by atoms with Crippen LogP contribution in [-0.2, 0) is 11.0 Å². The van der Waals surface area contributed by atoms with Gasteiger partial charge in [-0.1, -0.05) is 30.8 Å². The van der Waals surface area contributed by atoms with Crippen molar-refractivity contribution >= 4 is 29.0 Å². The molecule has 2 heterocycles. The topological polar surface area (TPSA) is 72.2 Å². The zero-order valence-electron chi connectivity index (χ0n) is 17.2. The number of nitrogens with one attached hydrogen (secondary N) is 1. The number of aromatic nitrogens is 4. The number of thioether (sulfide) groups is 1. The van der Waals surface area contributed by atoms with E-state index in [1.54, 1.807) is 31.2 Å². The van der Waals surface area contributed by atoms with Gasteiger partial charge in [0.25, 0.3) is 0 Å². The summed E-state index contributed by atoms with van der Waals surface area (Å²) < 4.78 is 54.5. The van der Waals surface area contributed by atoms with Gasteiger partial charge in [-0.05, 0) is 55.0 Å². The number of hydrogen-bond donors (Lipinski definition) is 1. The minimum atomic E-state index is -4.59. The van der Waals surface area contributed by atoms with Crippen LogP contribution in [0.1, 0.15) is 18.9 Å². The number of alkyl halides is 3. The zero-order chi connectivity index (χ0) is 23.6. The van der Waals surface area contributed by atoms with E-state index < -0.39 is 22.9 Å². The maximum atomic E-state index is 13.2. The number of amides is 1. The summed E-state index contributed by atoms with van der Waals surface area (Å²) in [5.74, 6) is -0.562. The molecule has 0 spiro atoms. The van der Waals surface area contributed by atoms with Crippen LogP contribution in [0.5, 0.6) is 0 Å². The van der Waals surface area contributed by atoms with Crippen LogP contribution in [0.2, 0.25) is 0 Å². The molecule has 0 bridgehead atoms. The van der Waals surface area contributed by atoms with E-state index in [0.717, 1.165) is 17.8 Å². The molecule has 1 amide bonds. The van der Waals surface area contributed by atoms with Crippen LogP contribution < -0.4 is 5.32 Å². The number of nitrogens with zero attached hydrogens (tertiary/aromatic N) is 4. The van der Waals surface area contributed by atoms with Gasteiger partial charge in [-0.3, -0.25) is 4.79 Å². The van der Waals surface area contributed by atoms with Gasteiger partial charge in [0.1, 0.15) is 10.8 Å². The first-order chi connectivity index (χ1) is 15.8. The van der Waals surface area contributed by atoms with Gasteiger partial charge in [0.15, 0.2) is 11.5 Å². The Bertz CT molecular complexity index is 1290. The number of carbonyl (C=O) groups excluding carboxylic acids is 1. The zero-order valence-corrected chi connectivity index (χ0v) is 18.0. The number of fused-ring (bicyclic) bond motifs is 1. The van der Waals surface area contributed by atoms with E-state index in [1.807, 2.05) is 0 Å². The van der Waals surface area contributed by atoms with Crippen molar-refractivity contribution in [3.8, 4) is 11.4 Å². The van der Waals surface area contributed by atoms with Crippen LogP contribution in [0.4, 0.5) is 23.2 Å². The number of anilines is 1. The van der Waals surface area contributed by atoms with E-state index in [0.29, 0.717) is 28.5 Å². The Balaban J connectivity index is 1.57. The lowest BCUT2D eigenvalue weighted by Gasteiger charge is -2.17. The molecular weight excluding hydrogens is 458 g/mol. The lowest BCUT2D eigenvalue weighted by atomic mass is 10.1. The molecule has 4 rings (SSSR count). The molecule has 0 aliphatic rings. The molecule has 0 aliphatic heterocycles. The molecule has 0 radical (unpaired) electrons. The SMILES string of the molecule is CC[C@@H](Sc1ccc2nnc(-c3ccc(F)cc3)n2n1)C(=O)Nc1ccccc1C(F)(F)F. The molecule has 11 heteroatoms. The summed E-state index contributed by atoms with van der Waals surface area (Å²) in [5, 5.41) is 14.8. The summed E-state index contributed by atoms with van der Waals surface area (Å²) in [7, 11) is 0. The van der Waals surface area contributed by atoms with Crippen molar-refractivity contribution in [1.82, 2.24) is 19.8 Å². The third-order valence-electron chi connectivity index (χ3n) is 4.76. The highest BCUT2D eigenvalue weighted by Crippen LogP contribution is 2.35. The fourth-order valence-electron chi connectivity index (χ4n) is 3.13. The number of para-hydroxylation sites is 1. The summed E-state index contributed by atoms with van der Waals surface area (Å²) in [5.41, 5.74) is -0.150. The van der Waals surface area contributed by atoms with Crippen LogP contribution in [-0.4, -0.2) is 31.0 Å². The van der Waals surface area contributed by atoms with Gasteiger partial charge in [-0.15, -0.1) is 10.2 Å². The van der Waals surface area contributed by atoms with E-state index in [2.05, 4.69) is 20.6 Å². The fourth-order valence-corrected chi connectivity index (χ4v) is 4.03. The Morgan fingerprint density at radius 3 is 2.48 bits per heavy atom. The predicted octanol–water partition coefficient (Wildman–Crippen LogP) is 5.46. The summed E-state index contributed by atoms with van der Waals surface area (Å²) >= 11 is 1.11. The molecule has 6 nitrogen and oxygen atoms in total. The molecule has 0 fully saturated rings. The Kier molecular flexibility index (Phi) is 6.32. The third kappa shape index (κ3) is 4.98. The van der Waals surface area contributed by atoms with E-state index in [1.165, 1.54) is 34.8 Å². The maximum Gasteiger partial charge on any atom is 0.418 e. The van der Waals surface area contributed by atoms with Gasteiger partial charge in [0.2, 0.25) is 5.91 Å². The Morgan fingerprint density at radius 2 is 1.79 bits per heavy atom. The Morgan fingerprint density at radius 1 is 1.06 bits per heavy atom. The number of halogens is 4. The average molecular weight is 475 g/mol. The van der Waals surface area contributed by atoms with Crippen molar-refractivity contribution in [2.45, 2.75) is 29.8 Å². The van der Waals surface area contributed by atoms with E-state index in [9.17, 15) is 22.4 Å². The number of carbonyl (C=O) groups is 1. The van der Waals surface area contributed by atoms with Crippen LogP contribution in [0, 0.1) is 5.82 Å². The highest BCUT2D eigenvalue weighted by Gasteiger charge is 2.34. The molecule has 33 heavy (non-hydrogen) atoms. The van der Waals surface area contributed by atoms with Crippen molar-refractivity contribution in [2.75, 3.05) is 5.32 Å². The van der Waals surface area contributed by atoms with Gasteiger partial charge < -0.3 is 5.32 Å². The van der Waals surface area contributed by atoms with E-state index in [4.69, 9.17) is 0 Å². The number of benzene rings is 2. The third-order valence-corrected chi connectivity index (χ3v) is 6.05. The van der Waals surface area contributed by atoms with Crippen LogP contribution in [0.15, 0.2) is 65.7 Å². The van der Waals surface area contributed by atoms with Crippen LogP contribution >= 0.6 is 11.8 Å². The molecule has 1 atom stereocenters. The smallest absolute Gasteiger partial charge is 0.325 e. The molecule has 2 aromatic carbocycles. The second-order valence-electron chi connectivity index (χ2n) is 7.02. The molecule has 0 saturated carbocycles. The Hall–Kier alpha value is -3.47. The largest absolute Gasteiger partial charge is 0.418 e. The first-order valence-electron chi connectivity index (χ1n) is 9.88. The van der Waals surface area contributed by atoms with Gasteiger partial charge >= 0.3 is 6.18 Å². The lowest BCUT2D eigenvalue weighted by Crippen LogP contribution is -2.26. The molecule has 0 unspecified atom stereocenters. The van der Waals surface area contributed by atoms with Crippen molar-refractivity contribution in [1.29, 1.82) is 0 Å². The average Bonchev–Trinajstić information content (AvgIpc) is 3.21. The first-order valence-corrected chi connectivity index (χ1v) is 10.8. The van der Waals surface area contributed by atoms with Gasteiger partial charge in [-0.25, -0.2) is 4.39 Å². The summed E-state index contributed by atoms with van der Waals surface area (Å²) in [4.78, 5) is 12.8. The summed E-state index contributed by atoms with van der Waals surface area (Å²) in [6.45, 7) is 1.76. The fraction of sp³-hybridized carbons (Fsp3) is 0.182. The van der Waals surface area contributed by atoms with Crippen molar-refractivity contribution in [3.05, 3.63) is 72.0 Å². The summed E-state index contributed by atoms with van der Waals surface area (Å²) in [6, 6.07) is 13.8. The normalized spacial score (nSPS) is 12.6. The quantitative estimate of drug-likeness (QED) is 0.296. The second-order valence-corrected chi connectivity index (χ2v) is 8.24. The standard InChI is InChI=1S/C22H17F4N5OS/c1-2-17(21(32)27-16-6-4-3-5-15(16)22(24,25)26)33-19-12-11-18-28-29-20(31(18)30-19)13-7-9-14(23)10-8-13/h3-12,17H,2H2,1H3,(H,27,32)/t17-/m1/s1. The van der Waals surface area contributed by atoms with Gasteiger partial charge in [0.05, 0.1) is 16.5 Å². The van der Waals surface area contributed by atoms with Gasteiger partial charge in [-0.2, -0.15) is 22.8 Å². The highest BCUT2D eigenvalue weighted by molar-refractivity contribution is 8.00. The van der Waals surface area contributed by atoms with Crippen LogP contribution in [0.25, 0.3) is 17.0 Å². The molecule has 2 aromatic heterocycles. The van der Waals surface area contributed by atoms with E-state index in [-0.39, 0.29) is 11.5 Å². The Labute approximate surface area is 190 Å². The molecule has 170 valence electrons. The lowest BCUT2D eigenvalue weighted by molar-refractivity contribution is -0.137. The predicted molar refractivity (Wildman–Crippen MR) is 116 cm³/mol. The van der Waals surface area contributed by atoms with Crippen molar-refractivity contribution < 1.29 is 22.4 Å². The van der Waals surface area contributed by atoms with Crippen LogP contribution in [0.3, 0.4) is 0 Å². The van der Waals surface area contributed by atoms with Crippen molar-refractivity contribution in [2.24, 2.45) is 0 Å². The molecule has 1 N–H and O–H groups in total. The van der Waals surface area contributed by atoms with Gasteiger partial charge in [0, 0.05) is 5.56 Å². The second kappa shape index (κ2) is 9.18. The molecule has 0 saturated heterocycles. The minimum Gasteiger partial charge on any atom is -0.325 e. The maximum absolute atomic E-state index is 13.2. The minimum absolute atomic E-state index is 0.296. The first kappa shape index (κ1) is 22.7. The summed E-state index contributed by atoms with van der Waals surface area (Å²) in [6.07, 6.45) is -4.23. The molecular formula is C22H17F4N5OS. The molecule has 4 aromatic rings. The number of rotatable bonds is 6. The monoisotopic (exact) mass is 475 g/mol. The number of hydrogen-bond acceptors (Lipinski definition) is 5. The van der Waals surface area contributed by atoms with E-state index >= 15 is 0 Å². The molecule has 0 aliphatic carbocycles. The highest BCUT2D eigenvalue weighted by atomic mass is 32.2. The van der Waals surface area contributed by atoms with Crippen molar-refractivity contribution in [3.63, 3.8) is 0 Å².